The Labute approximate surface area is 265 Å². The van der Waals surface area contributed by atoms with Crippen LogP contribution in [0.15, 0.2) is 66.7 Å². The van der Waals surface area contributed by atoms with Gasteiger partial charge < -0.3 is 24.4 Å². The number of fused-ring (bicyclic) bond motifs is 1. The zero-order valence-corrected chi connectivity index (χ0v) is 25.6. The quantitative estimate of drug-likeness (QED) is 0.132. The first-order chi connectivity index (χ1) is 22.3. The molecule has 1 aliphatic rings. The summed E-state index contributed by atoms with van der Waals surface area (Å²) in [6.45, 7) is 4.22. The Hall–Kier alpha value is -5.30. The number of nitrogens with zero attached hydrogens (tertiary/aromatic N) is 5. The molecule has 0 amide bonds. The van der Waals surface area contributed by atoms with Crippen LogP contribution in [0.1, 0.15) is 61.9 Å². The largest absolute Gasteiger partial charge is 0.510 e. The summed E-state index contributed by atoms with van der Waals surface area (Å²) in [5.74, 6) is -0.442. The summed E-state index contributed by atoms with van der Waals surface area (Å²) in [6.07, 6.45) is 3.38. The molecule has 5 aromatic rings. The first-order valence-electron chi connectivity index (χ1n) is 15.2. The van der Waals surface area contributed by atoms with Crippen molar-refractivity contribution in [2.24, 2.45) is 0 Å². The number of hydrogen-bond donors (Lipinski definition) is 3. The molecule has 2 aromatic heterocycles. The lowest BCUT2D eigenvalue weighted by Gasteiger charge is -2.21. The molecule has 2 heterocycles. The highest BCUT2D eigenvalue weighted by Gasteiger charge is 2.19. The van der Waals surface area contributed by atoms with Gasteiger partial charge in [-0.25, -0.2) is 9.59 Å². The molecule has 1 aliphatic carbocycles. The first kappa shape index (κ1) is 32.1. The third kappa shape index (κ3) is 8.04. The third-order valence-electron chi connectivity index (χ3n) is 7.43. The molecule has 0 saturated heterocycles. The van der Waals surface area contributed by atoms with E-state index in [9.17, 15) is 14.7 Å². The SMILES string of the molecule is CC(O)OC(=O)OC1CCCCC1.CCOc1nc2ccc(C(=O)O)cc2n1Cc1ccc(-c2ccccc2-c2nn[nH]n2)cc1. The molecule has 0 bridgehead atoms. The molecule has 3 aromatic carbocycles. The molecule has 1 atom stereocenters. The van der Waals surface area contributed by atoms with E-state index in [4.69, 9.17) is 14.6 Å². The number of carbonyl (C=O) groups excluding carboxylic acids is 1. The van der Waals surface area contributed by atoms with Crippen molar-refractivity contribution >= 4 is 23.2 Å². The molecule has 13 heteroatoms. The smallest absolute Gasteiger partial charge is 0.478 e. The number of carbonyl (C=O) groups is 2. The number of carboxylic acids is 1. The number of aromatic amines is 1. The predicted octanol–water partition coefficient (Wildman–Crippen LogP) is 5.84. The van der Waals surface area contributed by atoms with E-state index in [1.807, 2.05) is 60.0 Å². The Bertz CT molecular complexity index is 1750. The van der Waals surface area contributed by atoms with Crippen molar-refractivity contribution in [3.8, 4) is 28.5 Å². The molecule has 1 unspecified atom stereocenters. The van der Waals surface area contributed by atoms with Gasteiger partial charge >= 0.3 is 12.1 Å². The second-order valence-corrected chi connectivity index (χ2v) is 10.7. The van der Waals surface area contributed by atoms with Crippen molar-refractivity contribution in [3.63, 3.8) is 0 Å². The lowest BCUT2D eigenvalue weighted by atomic mass is 9.98. The number of nitrogens with one attached hydrogen (secondary N) is 1. The number of tetrazole rings is 1. The molecule has 0 radical (unpaired) electrons. The fraction of sp³-hybridized carbons (Fsp3) is 0.333. The van der Waals surface area contributed by atoms with Gasteiger partial charge in [-0.1, -0.05) is 55.0 Å². The van der Waals surface area contributed by atoms with Gasteiger partial charge in [-0.05, 0) is 79.6 Å². The molecular formula is C33H36N6O7. The van der Waals surface area contributed by atoms with Crippen LogP contribution in [0.2, 0.25) is 0 Å². The summed E-state index contributed by atoms with van der Waals surface area (Å²) in [5, 5.41) is 32.5. The number of H-pyrrole nitrogens is 1. The van der Waals surface area contributed by atoms with Gasteiger partial charge in [-0.2, -0.15) is 10.2 Å². The van der Waals surface area contributed by atoms with Gasteiger partial charge in [0.05, 0.1) is 29.7 Å². The lowest BCUT2D eigenvalue weighted by Crippen LogP contribution is -2.23. The molecule has 13 nitrogen and oxygen atoms in total. The number of aromatic carboxylic acids is 1. The number of benzene rings is 3. The minimum atomic E-state index is -1.09. The van der Waals surface area contributed by atoms with Crippen LogP contribution in [0, 0.1) is 0 Å². The van der Waals surface area contributed by atoms with Gasteiger partial charge in [-0.15, -0.1) is 10.2 Å². The van der Waals surface area contributed by atoms with E-state index in [1.165, 1.54) is 13.3 Å². The van der Waals surface area contributed by atoms with Crippen LogP contribution in [0.5, 0.6) is 6.01 Å². The van der Waals surface area contributed by atoms with Gasteiger partial charge in [0.2, 0.25) is 12.1 Å². The van der Waals surface area contributed by atoms with E-state index in [0.29, 0.717) is 36.0 Å². The van der Waals surface area contributed by atoms with E-state index in [-0.39, 0.29) is 11.7 Å². The molecule has 6 rings (SSSR count). The molecule has 1 saturated carbocycles. The molecule has 3 N–H and O–H groups in total. The minimum Gasteiger partial charge on any atom is -0.478 e. The van der Waals surface area contributed by atoms with Crippen molar-refractivity contribution in [2.45, 2.75) is 64.9 Å². The van der Waals surface area contributed by atoms with Gasteiger partial charge in [0.15, 0.2) is 0 Å². The van der Waals surface area contributed by atoms with Crippen molar-refractivity contribution in [1.29, 1.82) is 0 Å². The molecule has 0 spiro atoms. The van der Waals surface area contributed by atoms with E-state index < -0.39 is 18.4 Å². The van der Waals surface area contributed by atoms with Crippen molar-refractivity contribution in [2.75, 3.05) is 6.61 Å². The van der Waals surface area contributed by atoms with Crippen molar-refractivity contribution < 1.29 is 34.0 Å². The second kappa shape index (κ2) is 15.1. The molecule has 46 heavy (non-hydrogen) atoms. The van der Waals surface area contributed by atoms with Crippen LogP contribution in [0.4, 0.5) is 4.79 Å². The Balaban J connectivity index is 0.000000270. The number of imidazole rings is 1. The highest BCUT2D eigenvalue weighted by molar-refractivity contribution is 5.92. The third-order valence-corrected chi connectivity index (χ3v) is 7.43. The zero-order valence-electron chi connectivity index (χ0n) is 25.6. The second-order valence-electron chi connectivity index (χ2n) is 10.7. The maximum Gasteiger partial charge on any atom is 0.510 e. The standard InChI is InChI=1S/C24H20N6O3.C9H16O4/c1-2-33-24-25-20-12-11-17(23(31)32)13-21(20)30(24)14-15-7-9-16(10-8-15)18-5-3-4-6-19(18)22-26-28-29-27-22;1-7(10)12-9(11)13-8-5-3-2-4-6-8/h3-13H,2,14H2,1H3,(H,31,32)(H,26,27,28,29);7-8,10H,2-6H2,1H3. The average Bonchev–Trinajstić information content (AvgIpc) is 3.71. The summed E-state index contributed by atoms with van der Waals surface area (Å²) in [7, 11) is 0. The fourth-order valence-electron chi connectivity index (χ4n) is 5.29. The Kier molecular flexibility index (Phi) is 10.6. The Morgan fingerprint density at radius 2 is 1.76 bits per heavy atom. The average molecular weight is 629 g/mol. The van der Waals surface area contributed by atoms with Crippen LogP contribution in [-0.2, 0) is 16.0 Å². The number of carboxylic acid groups (broad SMARTS) is 1. The predicted molar refractivity (Wildman–Crippen MR) is 168 cm³/mol. The van der Waals surface area contributed by atoms with Gasteiger partial charge in [-0.3, -0.25) is 4.57 Å². The topological polar surface area (TPSA) is 175 Å². The number of rotatable bonds is 9. The van der Waals surface area contributed by atoms with Crippen LogP contribution in [-0.4, -0.2) is 71.5 Å². The number of aliphatic hydroxyl groups excluding tert-OH is 1. The van der Waals surface area contributed by atoms with Crippen molar-refractivity contribution in [3.05, 3.63) is 77.9 Å². The first-order valence-corrected chi connectivity index (χ1v) is 15.2. The Morgan fingerprint density at radius 3 is 2.41 bits per heavy atom. The Morgan fingerprint density at radius 1 is 1.02 bits per heavy atom. The highest BCUT2D eigenvalue weighted by Crippen LogP contribution is 2.31. The summed E-state index contributed by atoms with van der Waals surface area (Å²) in [5.41, 5.74) is 5.54. The zero-order chi connectivity index (χ0) is 32.5. The van der Waals surface area contributed by atoms with Crippen LogP contribution in [0.25, 0.3) is 33.5 Å². The van der Waals surface area contributed by atoms with Crippen LogP contribution < -0.4 is 4.74 Å². The van der Waals surface area contributed by atoms with Gasteiger partial charge in [0.1, 0.15) is 6.10 Å². The maximum atomic E-state index is 11.5. The molecule has 240 valence electrons. The molecule has 0 aliphatic heterocycles. The van der Waals surface area contributed by atoms with Crippen molar-refractivity contribution in [1.82, 2.24) is 30.2 Å². The van der Waals surface area contributed by atoms with Crippen LogP contribution >= 0.6 is 0 Å². The number of aromatic nitrogens is 6. The van der Waals surface area contributed by atoms with E-state index in [1.54, 1.807) is 18.2 Å². The van der Waals surface area contributed by atoms with E-state index in [2.05, 4.69) is 30.3 Å². The lowest BCUT2D eigenvalue weighted by molar-refractivity contribution is -0.0810. The summed E-state index contributed by atoms with van der Waals surface area (Å²) in [6, 6.07) is 21.4. The summed E-state index contributed by atoms with van der Waals surface area (Å²) < 4.78 is 17.1. The summed E-state index contributed by atoms with van der Waals surface area (Å²) in [4.78, 5) is 26.9. The highest BCUT2D eigenvalue weighted by atomic mass is 16.8. The van der Waals surface area contributed by atoms with E-state index >= 15 is 0 Å². The van der Waals surface area contributed by atoms with Gasteiger partial charge in [0.25, 0.3) is 6.01 Å². The number of aliphatic hydroxyl groups is 1. The van der Waals surface area contributed by atoms with E-state index in [0.717, 1.165) is 47.9 Å². The number of ether oxygens (including phenoxy) is 3. The van der Waals surface area contributed by atoms with Crippen LogP contribution in [0.3, 0.4) is 0 Å². The number of hydrogen-bond acceptors (Lipinski definition) is 10. The normalized spacial score (nSPS) is 13.8. The molecular weight excluding hydrogens is 592 g/mol. The minimum absolute atomic E-state index is 0.0139. The molecule has 1 fully saturated rings. The summed E-state index contributed by atoms with van der Waals surface area (Å²) >= 11 is 0. The fourth-order valence-corrected chi connectivity index (χ4v) is 5.29. The monoisotopic (exact) mass is 628 g/mol. The van der Waals surface area contributed by atoms with Gasteiger partial charge in [0, 0.05) is 5.56 Å². The maximum absolute atomic E-state index is 11.5.